The molecule has 1 unspecified atom stereocenters. The Hall–Kier alpha value is -0.0800. The zero-order valence-electron chi connectivity index (χ0n) is 6.80. The Balaban J connectivity index is 1.76. The lowest BCUT2D eigenvalue weighted by molar-refractivity contribution is 0.0749. The van der Waals surface area contributed by atoms with Gasteiger partial charge in [-0.05, 0) is 26.7 Å². The maximum Gasteiger partial charge on any atom is 0.0810 e. The maximum atomic E-state index is 5.36. The van der Waals surface area contributed by atoms with Crippen LogP contribution in [-0.2, 0) is 9.47 Å². The van der Waals surface area contributed by atoms with Crippen LogP contribution >= 0.6 is 0 Å². The first-order chi connectivity index (χ1) is 4.79. The molecule has 2 nitrogen and oxygen atoms in total. The molecule has 0 saturated carbocycles. The number of ether oxygens (including phenoxy) is 2. The maximum absolute atomic E-state index is 5.36. The van der Waals surface area contributed by atoms with Crippen LogP contribution in [0.15, 0.2) is 0 Å². The second-order valence-corrected chi connectivity index (χ2v) is 3.02. The number of hydrogen-bond donors (Lipinski definition) is 0. The fraction of sp³-hybridized carbons (Fsp3) is 1.00. The first-order valence-electron chi connectivity index (χ1n) is 4.02. The molecule has 1 saturated heterocycles. The van der Waals surface area contributed by atoms with Crippen LogP contribution in [0.25, 0.3) is 0 Å². The summed E-state index contributed by atoms with van der Waals surface area (Å²) in [7, 11) is 0. The van der Waals surface area contributed by atoms with Crippen LogP contribution in [0.3, 0.4) is 0 Å². The molecule has 0 aliphatic carbocycles. The van der Waals surface area contributed by atoms with Crippen molar-refractivity contribution in [2.45, 2.75) is 38.9 Å². The van der Waals surface area contributed by atoms with Gasteiger partial charge in [0.05, 0.1) is 18.8 Å². The van der Waals surface area contributed by atoms with Gasteiger partial charge in [-0.15, -0.1) is 0 Å². The van der Waals surface area contributed by atoms with Gasteiger partial charge in [-0.2, -0.15) is 0 Å². The fourth-order valence-electron chi connectivity index (χ4n) is 0.865. The highest BCUT2D eigenvalue weighted by atomic mass is 16.6. The van der Waals surface area contributed by atoms with Gasteiger partial charge in [0.25, 0.3) is 0 Å². The highest BCUT2D eigenvalue weighted by Gasteiger charge is 2.20. The van der Waals surface area contributed by atoms with E-state index >= 15 is 0 Å². The van der Waals surface area contributed by atoms with Gasteiger partial charge >= 0.3 is 0 Å². The third-order valence-electron chi connectivity index (χ3n) is 1.52. The molecule has 0 aromatic heterocycles. The largest absolute Gasteiger partial charge is 0.379 e. The van der Waals surface area contributed by atoms with E-state index in [9.17, 15) is 0 Å². The molecule has 10 heavy (non-hydrogen) atoms. The molecule has 60 valence electrons. The highest BCUT2D eigenvalue weighted by Crippen LogP contribution is 2.15. The molecular weight excluding hydrogens is 128 g/mol. The van der Waals surface area contributed by atoms with Crippen molar-refractivity contribution in [1.82, 2.24) is 0 Å². The van der Waals surface area contributed by atoms with E-state index in [1.54, 1.807) is 0 Å². The van der Waals surface area contributed by atoms with E-state index in [1.165, 1.54) is 6.42 Å². The predicted molar refractivity (Wildman–Crippen MR) is 40.1 cm³/mol. The molecule has 1 fully saturated rings. The van der Waals surface area contributed by atoms with Crippen molar-refractivity contribution < 1.29 is 9.47 Å². The molecule has 0 radical (unpaired) electrons. The summed E-state index contributed by atoms with van der Waals surface area (Å²) in [5, 5.41) is 0. The Kier molecular flexibility index (Phi) is 3.16. The van der Waals surface area contributed by atoms with Crippen molar-refractivity contribution in [1.29, 1.82) is 0 Å². The molecule has 0 aromatic carbocycles. The van der Waals surface area contributed by atoms with Crippen molar-refractivity contribution in [2.24, 2.45) is 0 Å². The Morgan fingerprint density at radius 1 is 1.60 bits per heavy atom. The molecule has 1 heterocycles. The molecule has 0 spiro atoms. The van der Waals surface area contributed by atoms with Crippen LogP contribution in [0.2, 0.25) is 0 Å². The Morgan fingerprint density at radius 2 is 2.30 bits per heavy atom. The minimum atomic E-state index is 0.375. The SMILES string of the molecule is CC(C)OCCCC1CO1. The molecule has 2 heteroatoms. The molecular formula is C8H16O2. The third-order valence-corrected chi connectivity index (χ3v) is 1.52. The quantitative estimate of drug-likeness (QED) is 0.431. The summed E-state index contributed by atoms with van der Waals surface area (Å²) in [6.07, 6.45) is 3.26. The minimum absolute atomic E-state index is 0.375. The van der Waals surface area contributed by atoms with Gasteiger partial charge in [-0.25, -0.2) is 0 Å². The van der Waals surface area contributed by atoms with E-state index in [-0.39, 0.29) is 0 Å². The first-order valence-corrected chi connectivity index (χ1v) is 4.02. The average molecular weight is 144 g/mol. The lowest BCUT2D eigenvalue weighted by Crippen LogP contribution is -2.04. The Morgan fingerprint density at radius 3 is 2.80 bits per heavy atom. The number of hydrogen-bond acceptors (Lipinski definition) is 2. The monoisotopic (exact) mass is 144 g/mol. The van der Waals surface area contributed by atoms with Crippen LogP contribution in [0, 0.1) is 0 Å². The Bertz CT molecular complexity index is 83.3. The predicted octanol–water partition coefficient (Wildman–Crippen LogP) is 1.59. The van der Waals surface area contributed by atoms with Crippen molar-refractivity contribution >= 4 is 0 Å². The number of epoxide rings is 1. The summed E-state index contributed by atoms with van der Waals surface area (Å²) in [6, 6.07) is 0. The lowest BCUT2D eigenvalue weighted by atomic mass is 10.2. The minimum Gasteiger partial charge on any atom is -0.379 e. The van der Waals surface area contributed by atoms with Gasteiger partial charge in [0, 0.05) is 6.61 Å². The molecule has 0 bridgehead atoms. The third kappa shape index (κ3) is 3.85. The van der Waals surface area contributed by atoms with Crippen LogP contribution in [-0.4, -0.2) is 25.4 Å². The van der Waals surface area contributed by atoms with E-state index in [2.05, 4.69) is 13.8 Å². The van der Waals surface area contributed by atoms with E-state index in [0.717, 1.165) is 19.6 Å². The van der Waals surface area contributed by atoms with Gasteiger partial charge in [0.2, 0.25) is 0 Å². The lowest BCUT2D eigenvalue weighted by Gasteiger charge is -2.05. The summed E-state index contributed by atoms with van der Waals surface area (Å²) in [6.45, 7) is 5.99. The molecule has 1 aliphatic rings. The zero-order chi connectivity index (χ0) is 7.40. The van der Waals surface area contributed by atoms with E-state index in [0.29, 0.717) is 12.2 Å². The van der Waals surface area contributed by atoms with Gasteiger partial charge in [0.1, 0.15) is 0 Å². The van der Waals surface area contributed by atoms with Gasteiger partial charge in [-0.3, -0.25) is 0 Å². The fourth-order valence-corrected chi connectivity index (χ4v) is 0.865. The van der Waals surface area contributed by atoms with E-state index < -0.39 is 0 Å². The second kappa shape index (κ2) is 3.94. The van der Waals surface area contributed by atoms with Crippen LogP contribution < -0.4 is 0 Å². The summed E-state index contributed by atoms with van der Waals surface area (Å²) in [5.74, 6) is 0. The molecule has 0 aromatic rings. The summed E-state index contributed by atoms with van der Waals surface area (Å²) >= 11 is 0. The zero-order valence-corrected chi connectivity index (χ0v) is 6.80. The van der Waals surface area contributed by atoms with Gasteiger partial charge in [-0.1, -0.05) is 0 Å². The summed E-state index contributed by atoms with van der Waals surface area (Å²) < 4.78 is 10.4. The van der Waals surface area contributed by atoms with E-state index in [1.807, 2.05) is 0 Å². The smallest absolute Gasteiger partial charge is 0.0810 e. The van der Waals surface area contributed by atoms with Crippen molar-refractivity contribution in [3.05, 3.63) is 0 Å². The summed E-state index contributed by atoms with van der Waals surface area (Å²) in [4.78, 5) is 0. The van der Waals surface area contributed by atoms with Crippen molar-refractivity contribution in [3.8, 4) is 0 Å². The molecule has 0 amide bonds. The van der Waals surface area contributed by atoms with Gasteiger partial charge in [0.15, 0.2) is 0 Å². The number of rotatable bonds is 5. The first kappa shape index (κ1) is 8.02. The highest BCUT2D eigenvalue weighted by molar-refractivity contribution is 4.67. The topological polar surface area (TPSA) is 21.8 Å². The normalized spacial score (nSPS) is 23.7. The molecule has 1 atom stereocenters. The molecule has 0 N–H and O–H groups in total. The van der Waals surface area contributed by atoms with Crippen LogP contribution in [0.4, 0.5) is 0 Å². The Labute approximate surface area is 62.5 Å². The second-order valence-electron chi connectivity index (χ2n) is 3.02. The van der Waals surface area contributed by atoms with Crippen LogP contribution in [0.1, 0.15) is 26.7 Å². The molecule has 1 aliphatic heterocycles. The van der Waals surface area contributed by atoms with Crippen molar-refractivity contribution in [2.75, 3.05) is 13.2 Å². The van der Waals surface area contributed by atoms with E-state index in [4.69, 9.17) is 9.47 Å². The molecule has 1 rings (SSSR count). The standard InChI is InChI=1S/C8H16O2/c1-7(2)9-5-3-4-8-6-10-8/h7-8H,3-6H2,1-2H3. The average Bonchev–Trinajstić information content (AvgIpc) is 2.62. The van der Waals surface area contributed by atoms with Crippen molar-refractivity contribution in [3.63, 3.8) is 0 Å². The summed E-state index contributed by atoms with van der Waals surface area (Å²) in [5.41, 5.74) is 0. The van der Waals surface area contributed by atoms with Crippen LogP contribution in [0.5, 0.6) is 0 Å². The van der Waals surface area contributed by atoms with Gasteiger partial charge < -0.3 is 9.47 Å².